The van der Waals surface area contributed by atoms with Crippen molar-refractivity contribution in [1.29, 1.82) is 0 Å². The summed E-state index contributed by atoms with van der Waals surface area (Å²) in [5.74, 6) is 0.849. The number of aromatic nitrogens is 4. The first-order valence-electron chi connectivity index (χ1n) is 7.25. The van der Waals surface area contributed by atoms with Crippen LogP contribution in [0.5, 0.6) is 0 Å². The molecule has 0 aliphatic carbocycles. The maximum absolute atomic E-state index is 6.26. The van der Waals surface area contributed by atoms with Crippen LogP contribution in [0.15, 0.2) is 53.6 Å². The number of rotatable bonds is 4. The molecule has 23 heavy (non-hydrogen) atoms. The summed E-state index contributed by atoms with van der Waals surface area (Å²) in [4.78, 5) is 13.5. The highest BCUT2D eigenvalue weighted by molar-refractivity contribution is 7.07. The number of imidazole rings is 1. The Morgan fingerprint density at radius 1 is 1.13 bits per heavy atom. The molecular formula is C17H13ClN4S. The normalized spacial score (nSPS) is 11.2. The highest BCUT2D eigenvalue weighted by Gasteiger charge is 2.10. The molecule has 0 atom stereocenters. The molecule has 0 bridgehead atoms. The fraction of sp³-hybridized carbons (Fsp3) is 0.118. The molecule has 1 aromatic carbocycles. The van der Waals surface area contributed by atoms with Crippen LogP contribution in [-0.2, 0) is 13.0 Å². The Balaban J connectivity index is 1.68. The molecule has 0 aliphatic rings. The van der Waals surface area contributed by atoms with E-state index in [2.05, 4.69) is 19.9 Å². The first kappa shape index (κ1) is 14.4. The maximum Gasteiger partial charge on any atom is 0.158 e. The van der Waals surface area contributed by atoms with Crippen LogP contribution < -0.4 is 0 Å². The van der Waals surface area contributed by atoms with E-state index < -0.39 is 0 Å². The SMILES string of the molecule is Clc1cccc2ccc(-c3nccn3CCc3cscn3)nc12. The van der Waals surface area contributed by atoms with Crippen molar-refractivity contribution < 1.29 is 0 Å². The van der Waals surface area contributed by atoms with Crippen LogP contribution in [0.1, 0.15) is 5.69 Å². The fourth-order valence-electron chi connectivity index (χ4n) is 2.55. The minimum atomic E-state index is 0.657. The van der Waals surface area contributed by atoms with Crippen LogP contribution in [0, 0.1) is 0 Å². The lowest BCUT2D eigenvalue weighted by molar-refractivity contribution is 0.693. The second-order valence-electron chi connectivity index (χ2n) is 5.18. The van der Waals surface area contributed by atoms with Gasteiger partial charge in [0.1, 0.15) is 5.69 Å². The number of nitrogens with zero attached hydrogens (tertiary/aromatic N) is 4. The molecule has 0 saturated heterocycles. The van der Waals surface area contributed by atoms with Gasteiger partial charge in [0.05, 0.1) is 21.7 Å². The van der Waals surface area contributed by atoms with E-state index in [0.29, 0.717) is 5.02 Å². The van der Waals surface area contributed by atoms with Crippen LogP contribution in [0.4, 0.5) is 0 Å². The second kappa shape index (κ2) is 6.10. The van der Waals surface area contributed by atoms with Gasteiger partial charge in [-0.15, -0.1) is 11.3 Å². The number of hydrogen-bond acceptors (Lipinski definition) is 4. The Kier molecular flexibility index (Phi) is 3.81. The van der Waals surface area contributed by atoms with E-state index in [9.17, 15) is 0 Å². The molecule has 0 unspecified atom stereocenters. The van der Waals surface area contributed by atoms with Crippen LogP contribution >= 0.6 is 22.9 Å². The Morgan fingerprint density at radius 3 is 2.96 bits per heavy atom. The molecule has 6 heteroatoms. The lowest BCUT2D eigenvalue weighted by Gasteiger charge is -2.08. The van der Waals surface area contributed by atoms with Crippen molar-refractivity contribution in [3.8, 4) is 11.5 Å². The topological polar surface area (TPSA) is 43.6 Å². The number of benzene rings is 1. The lowest BCUT2D eigenvalue weighted by atomic mass is 10.2. The van der Waals surface area contributed by atoms with E-state index in [-0.39, 0.29) is 0 Å². The van der Waals surface area contributed by atoms with Crippen LogP contribution in [0.2, 0.25) is 5.02 Å². The number of pyridine rings is 1. The summed E-state index contributed by atoms with van der Waals surface area (Å²) in [5, 5.41) is 3.76. The zero-order chi connectivity index (χ0) is 15.6. The van der Waals surface area contributed by atoms with E-state index in [0.717, 1.165) is 41.1 Å². The van der Waals surface area contributed by atoms with E-state index in [1.165, 1.54) is 0 Å². The monoisotopic (exact) mass is 340 g/mol. The Morgan fingerprint density at radius 2 is 2.09 bits per heavy atom. The quantitative estimate of drug-likeness (QED) is 0.551. The molecule has 0 aliphatic heterocycles. The number of thiazole rings is 1. The number of halogens is 1. The van der Waals surface area contributed by atoms with Gasteiger partial charge in [0, 0.05) is 36.1 Å². The van der Waals surface area contributed by atoms with Crippen LogP contribution in [0.3, 0.4) is 0 Å². The van der Waals surface area contributed by atoms with E-state index >= 15 is 0 Å². The van der Waals surface area contributed by atoms with E-state index in [1.54, 1.807) is 17.5 Å². The summed E-state index contributed by atoms with van der Waals surface area (Å²) in [6.07, 6.45) is 4.65. The highest BCUT2D eigenvalue weighted by Crippen LogP contribution is 2.25. The Hall–Kier alpha value is -2.24. The molecule has 0 saturated carbocycles. The van der Waals surface area contributed by atoms with Crippen molar-refractivity contribution in [2.75, 3.05) is 0 Å². The average molecular weight is 341 g/mol. The van der Waals surface area contributed by atoms with Gasteiger partial charge in [-0.05, 0) is 12.1 Å². The summed E-state index contributed by atoms with van der Waals surface area (Å²) in [5.41, 5.74) is 4.59. The van der Waals surface area contributed by atoms with Gasteiger partial charge >= 0.3 is 0 Å². The van der Waals surface area contributed by atoms with Gasteiger partial charge in [-0.25, -0.2) is 15.0 Å². The smallest absolute Gasteiger partial charge is 0.158 e. The zero-order valence-corrected chi connectivity index (χ0v) is 13.8. The number of fused-ring (bicyclic) bond motifs is 1. The predicted octanol–water partition coefficient (Wildman–Crippen LogP) is 4.45. The maximum atomic E-state index is 6.26. The second-order valence-corrected chi connectivity index (χ2v) is 6.31. The molecular weight excluding hydrogens is 328 g/mol. The fourth-order valence-corrected chi connectivity index (χ4v) is 3.37. The molecule has 0 fully saturated rings. The minimum Gasteiger partial charge on any atom is -0.329 e. The van der Waals surface area contributed by atoms with Gasteiger partial charge in [0.15, 0.2) is 5.82 Å². The lowest BCUT2D eigenvalue weighted by Crippen LogP contribution is -2.03. The first-order chi connectivity index (χ1) is 11.3. The predicted molar refractivity (Wildman–Crippen MR) is 93.8 cm³/mol. The van der Waals surface area contributed by atoms with Crippen molar-refractivity contribution >= 4 is 33.8 Å². The Labute approximate surface area is 142 Å². The summed E-state index contributed by atoms with van der Waals surface area (Å²) < 4.78 is 2.10. The third-order valence-electron chi connectivity index (χ3n) is 3.71. The van der Waals surface area contributed by atoms with E-state index in [1.807, 2.05) is 42.0 Å². The highest BCUT2D eigenvalue weighted by atomic mass is 35.5. The van der Waals surface area contributed by atoms with Gasteiger partial charge < -0.3 is 4.57 Å². The van der Waals surface area contributed by atoms with E-state index in [4.69, 9.17) is 16.6 Å². The third kappa shape index (κ3) is 2.85. The minimum absolute atomic E-state index is 0.657. The molecule has 3 heterocycles. The number of aryl methyl sites for hydroxylation is 2. The summed E-state index contributed by atoms with van der Waals surface area (Å²) in [7, 11) is 0. The van der Waals surface area contributed by atoms with Gasteiger partial charge in [-0.3, -0.25) is 0 Å². The standard InChI is InChI=1S/C17H13ClN4S/c18-14-3-1-2-12-4-5-15(21-16(12)14)17-19-7-9-22(17)8-6-13-10-23-11-20-13/h1-5,7,9-11H,6,8H2. The van der Waals surface area contributed by atoms with Crippen molar-refractivity contribution in [2.24, 2.45) is 0 Å². The largest absolute Gasteiger partial charge is 0.329 e. The molecule has 4 nitrogen and oxygen atoms in total. The van der Waals surface area contributed by atoms with Crippen LogP contribution in [0.25, 0.3) is 22.4 Å². The molecule has 0 N–H and O–H groups in total. The van der Waals surface area contributed by atoms with Gasteiger partial charge in [-0.1, -0.05) is 29.8 Å². The molecule has 0 radical (unpaired) electrons. The Bertz CT molecular complexity index is 946. The molecule has 4 aromatic rings. The molecule has 0 amide bonds. The first-order valence-corrected chi connectivity index (χ1v) is 8.57. The van der Waals surface area contributed by atoms with Crippen molar-refractivity contribution in [2.45, 2.75) is 13.0 Å². The summed E-state index contributed by atoms with van der Waals surface area (Å²) in [6.45, 7) is 0.821. The van der Waals surface area contributed by atoms with Gasteiger partial charge in [0.25, 0.3) is 0 Å². The molecule has 0 spiro atoms. The number of para-hydroxylation sites is 1. The third-order valence-corrected chi connectivity index (χ3v) is 4.65. The van der Waals surface area contributed by atoms with Crippen LogP contribution in [-0.4, -0.2) is 19.5 Å². The molecule has 3 aromatic heterocycles. The van der Waals surface area contributed by atoms with Gasteiger partial charge in [-0.2, -0.15) is 0 Å². The molecule has 114 valence electrons. The molecule has 4 rings (SSSR count). The van der Waals surface area contributed by atoms with Crippen molar-refractivity contribution in [1.82, 2.24) is 19.5 Å². The van der Waals surface area contributed by atoms with Crippen molar-refractivity contribution in [3.05, 3.63) is 64.3 Å². The summed E-state index contributed by atoms with van der Waals surface area (Å²) >= 11 is 7.88. The summed E-state index contributed by atoms with van der Waals surface area (Å²) in [6, 6.07) is 9.81. The average Bonchev–Trinajstić information content (AvgIpc) is 3.24. The number of hydrogen-bond donors (Lipinski definition) is 0. The zero-order valence-electron chi connectivity index (χ0n) is 12.2. The van der Waals surface area contributed by atoms with Crippen molar-refractivity contribution in [3.63, 3.8) is 0 Å². The van der Waals surface area contributed by atoms with Gasteiger partial charge in [0.2, 0.25) is 0 Å².